The molecule has 6 aromatic carbocycles. The molecule has 9 rings (SSSR count). The molecule has 2 aromatic heterocycles. The molecule has 0 amide bonds. The van der Waals surface area contributed by atoms with Crippen LogP contribution in [0.3, 0.4) is 0 Å². The topological polar surface area (TPSA) is 58.4 Å². The van der Waals surface area contributed by atoms with Gasteiger partial charge in [-0.2, -0.15) is 5.26 Å². The van der Waals surface area contributed by atoms with Gasteiger partial charge in [-0.05, 0) is 80.3 Å². The van der Waals surface area contributed by atoms with Gasteiger partial charge >= 0.3 is 0 Å². The third-order valence-corrected chi connectivity index (χ3v) is 11.4. The molecule has 5 nitrogen and oxygen atoms in total. The lowest BCUT2D eigenvalue weighted by Gasteiger charge is -2.14. The third-order valence-electron chi connectivity index (χ3n) is 11.4. The lowest BCUT2D eigenvalue weighted by Crippen LogP contribution is -2.06. The lowest BCUT2D eigenvalue weighted by atomic mass is 10.0. The summed E-state index contributed by atoms with van der Waals surface area (Å²) in [6.45, 7) is 8.52. The van der Waals surface area contributed by atoms with Gasteiger partial charge in [0.15, 0.2) is 5.84 Å². The van der Waals surface area contributed by atoms with E-state index < -0.39 is 0 Å². The molecule has 0 unspecified atom stereocenters. The minimum atomic E-state index is 0.573. The monoisotopic (exact) mass is 749 g/mol. The van der Waals surface area contributed by atoms with Crippen molar-refractivity contribution in [1.29, 1.82) is 5.26 Å². The van der Waals surface area contributed by atoms with Gasteiger partial charge in [-0.15, -0.1) is 0 Å². The summed E-state index contributed by atoms with van der Waals surface area (Å²) in [6, 6.07) is 48.7. The van der Waals surface area contributed by atoms with E-state index in [0.29, 0.717) is 11.4 Å². The van der Waals surface area contributed by atoms with E-state index in [-0.39, 0.29) is 0 Å². The second-order valence-corrected chi connectivity index (χ2v) is 14.9. The van der Waals surface area contributed by atoms with Gasteiger partial charge in [0.25, 0.3) is 0 Å². The lowest BCUT2D eigenvalue weighted by molar-refractivity contribution is 1.09. The third kappa shape index (κ3) is 6.30. The van der Waals surface area contributed by atoms with Gasteiger partial charge in [-0.1, -0.05) is 134 Å². The Morgan fingerprint density at radius 1 is 0.655 bits per heavy atom. The van der Waals surface area contributed by atoms with Crippen molar-refractivity contribution in [2.75, 3.05) is 0 Å². The number of aliphatic imine (C=N–C) groups is 2. The number of para-hydroxylation sites is 2. The Morgan fingerprint density at radius 3 is 2.05 bits per heavy atom. The number of benzene rings is 6. The van der Waals surface area contributed by atoms with Gasteiger partial charge < -0.3 is 9.13 Å². The highest BCUT2D eigenvalue weighted by Crippen LogP contribution is 2.43. The van der Waals surface area contributed by atoms with E-state index in [1.54, 1.807) is 0 Å². The van der Waals surface area contributed by atoms with E-state index in [4.69, 9.17) is 9.98 Å². The van der Waals surface area contributed by atoms with Gasteiger partial charge in [-0.3, -0.25) is 0 Å². The summed E-state index contributed by atoms with van der Waals surface area (Å²) in [6.07, 6.45) is 12.5. The zero-order valence-electron chi connectivity index (χ0n) is 33.2. The van der Waals surface area contributed by atoms with Gasteiger partial charge in [0.2, 0.25) is 0 Å². The van der Waals surface area contributed by atoms with Crippen LogP contribution in [0.2, 0.25) is 0 Å². The highest BCUT2D eigenvalue weighted by Gasteiger charge is 2.23. The van der Waals surface area contributed by atoms with Crippen LogP contribution in [0.1, 0.15) is 61.4 Å². The molecule has 0 atom stereocenters. The van der Waals surface area contributed by atoms with E-state index in [2.05, 4.69) is 145 Å². The fourth-order valence-electron chi connectivity index (χ4n) is 8.40. The highest BCUT2D eigenvalue weighted by atomic mass is 15.0. The molecule has 0 N–H and O–H groups in total. The molecule has 5 heteroatoms. The first-order chi connectivity index (χ1) is 28.5. The number of nitriles is 1. The van der Waals surface area contributed by atoms with Crippen LogP contribution in [-0.2, 0) is 0 Å². The van der Waals surface area contributed by atoms with Crippen LogP contribution in [0.5, 0.6) is 0 Å². The Kier molecular flexibility index (Phi) is 9.61. The summed E-state index contributed by atoms with van der Waals surface area (Å²) in [5.74, 6) is 0.625. The average molecular weight is 750 g/mol. The van der Waals surface area contributed by atoms with Crippen LogP contribution in [-0.4, -0.2) is 20.7 Å². The van der Waals surface area contributed by atoms with E-state index in [9.17, 15) is 5.26 Å². The molecule has 8 aromatic rings. The summed E-state index contributed by atoms with van der Waals surface area (Å²) in [5, 5.41) is 15.6. The molecule has 0 saturated carbocycles. The molecule has 1 aliphatic carbocycles. The van der Waals surface area contributed by atoms with E-state index in [1.807, 2.05) is 61.5 Å². The predicted molar refractivity (Wildman–Crippen MR) is 245 cm³/mol. The zero-order chi connectivity index (χ0) is 39.8. The van der Waals surface area contributed by atoms with Crippen LogP contribution >= 0.6 is 0 Å². The number of rotatable bonds is 7. The zero-order valence-corrected chi connectivity index (χ0v) is 33.2. The smallest absolute Gasteiger partial charge is 0.160 e. The van der Waals surface area contributed by atoms with Crippen LogP contribution in [0.15, 0.2) is 179 Å². The minimum Gasteiger partial charge on any atom is -0.313 e. The van der Waals surface area contributed by atoms with Crippen molar-refractivity contribution in [3.05, 3.63) is 197 Å². The molecular weight excluding hydrogens is 707 g/mol. The number of allylic oxidation sites excluding steroid dienone is 7. The number of hydrogen-bond acceptors (Lipinski definition) is 2. The summed E-state index contributed by atoms with van der Waals surface area (Å²) in [7, 11) is 0. The maximum atomic E-state index is 10.9. The van der Waals surface area contributed by atoms with E-state index in [0.717, 1.165) is 68.4 Å². The second kappa shape index (κ2) is 15.3. The fourth-order valence-corrected chi connectivity index (χ4v) is 8.40. The Bertz CT molecular complexity index is 3140. The SMILES string of the molecule is CC/C(C)=C(/N=C(\N=C(/C)c1ccc(-n2c3ccccc3c3cc4c(c(C)c32)c2ccccc2n4C2=CC=CC=CC2)c(C#N)c1)c1ccccc1)c1ccccc1. The molecule has 0 saturated heterocycles. The predicted octanol–water partition coefficient (Wildman–Crippen LogP) is 13.5. The Labute approximate surface area is 339 Å². The number of fused-ring (bicyclic) bond motifs is 6. The van der Waals surface area contributed by atoms with Crippen molar-refractivity contribution in [3.8, 4) is 11.8 Å². The summed E-state index contributed by atoms with van der Waals surface area (Å²) in [4.78, 5) is 10.4. The standard InChI is InChI=1S/C53H43N5/c1-5-35(2)51(38-20-10-8-11-21-38)56-53(39-22-12-9-13-23-39)55-37(4)40-30-31-46(41(32-40)34-54)58-47-28-18-16-26-43(47)45-33-49-50(36(3)52(45)58)44-27-17-19-29-48(44)57(49)42-24-14-6-7-15-25-42/h6-24,26-33H,5,25H2,1-4H3/b51-35+,55-37+,56-53-. The Balaban J connectivity index is 1.23. The van der Waals surface area contributed by atoms with Gasteiger partial charge in [0, 0.05) is 50.5 Å². The molecule has 0 aliphatic heterocycles. The van der Waals surface area contributed by atoms with Crippen molar-refractivity contribution in [3.63, 3.8) is 0 Å². The largest absolute Gasteiger partial charge is 0.313 e. The first kappa shape index (κ1) is 36.4. The average Bonchev–Trinajstić information content (AvgIpc) is 3.64. The second-order valence-electron chi connectivity index (χ2n) is 14.9. The first-order valence-corrected chi connectivity index (χ1v) is 19.9. The number of hydrogen-bond donors (Lipinski definition) is 0. The molecule has 0 spiro atoms. The van der Waals surface area contributed by atoms with Crippen molar-refractivity contribution in [1.82, 2.24) is 9.13 Å². The number of aryl methyl sites for hydroxylation is 1. The van der Waals surface area contributed by atoms with E-state index >= 15 is 0 Å². The molecule has 280 valence electrons. The molecule has 2 heterocycles. The van der Waals surface area contributed by atoms with Gasteiger partial charge in [0.1, 0.15) is 6.07 Å². The number of nitrogens with zero attached hydrogens (tertiary/aromatic N) is 5. The van der Waals surface area contributed by atoms with Crippen LogP contribution in [0.4, 0.5) is 0 Å². The maximum absolute atomic E-state index is 10.9. The molecule has 0 radical (unpaired) electrons. The molecule has 58 heavy (non-hydrogen) atoms. The summed E-state index contributed by atoms with van der Waals surface area (Å²) < 4.78 is 4.72. The van der Waals surface area contributed by atoms with Crippen molar-refractivity contribution in [2.45, 2.75) is 40.5 Å². The van der Waals surface area contributed by atoms with Crippen molar-refractivity contribution in [2.24, 2.45) is 9.98 Å². The number of amidine groups is 1. The Hall–Kier alpha value is -7.29. The van der Waals surface area contributed by atoms with Crippen LogP contribution in [0, 0.1) is 18.3 Å². The molecule has 0 fully saturated rings. The van der Waals surface area contributed by atoms with Crippen molar-refractivity contribution < 1.29 is 0 Å². The summed E-state index contributed by atoms with van der Waals surface area (Å²) in [5.41, 5.74) is 14.1. The Morgan fingerprint density at radius 2 is 1.33 bits per heavy atom. The maximum Gasteiger partial charge on any atom is 0.160 e. The van der Waals surface area contributed by atoms with Gasteiger partial charge in [-0.25, -0.2) is 9.98 Å². The summed E-state index contributed by atoms with van der Waals surface area (Å²) >= 11 is 0. The van der Waals surface area contributed by atoms with Crippen LogP contribution in [0.25, 0.3) is 60.7 Å². The molecule has 0 bridgehead atoms. The fraction of sp³-hybridized carbons (Fsp3) is 0.113. The minimum absolute atomic E-state index is 0.573. The normalized spacial score (nSPS) is 13.9. The van der Waals surface area contributed by atoms with Crippen LogP contribution < -0.4 is 0 Å². The van der Waals surface area contributed by atoms with E-state index in [1.165, 1.54) is 38.6 Å². The molecule has 1 aliphatic rings. The van der Waals surface area contributed by atoms with Crippen molar-refractivity contribution >= 4 is 66.6 Å². The number of aromatic nitrogens is 2. The first-order valence-electron chi connectivity index (χ1n) is 19.9. The quantitative estimate of drug-likeness (QED) is 0.118. The van der Waals surface area contributed by atoms with Gasteiger partial charge in [0.05, 0.1) is 39.0 Å². The molecular formula is C53H43N5. The highest BCUT2D eigenvalue weighted by molar-refractivity contribution is 6.21.